The Morgan fingerprint density at radius 3 is 2.47 bits per heavy atom. The molecule has 1 spiro atoms. The molecule has 98 valence electrons. The maximum absolute atomic E-state index is 6.41. The van der Waals surface area contributed by atoms with Crippen molar-refractivity contribution in [2.24, 2.45) is 11.7 Å². The van der Waals surface area contributed by atoms with Gasteiger partial charge in [-0.3, -0.25) is 0 Å². The predicted molar refractivity (Wildman–Crippen MR) is 69.9 cm³/mol. The Kier molecular flexibility index (Phi) is 3.45. The molecule has 3 atom stereocenters. The highest BCUT2D eigenvalue weighted by Gasteiger charge is 2.42. The van der Waals surface area contributed by atoms with Gasteiger partial charge in [-0.15, -0.1) is 0 Å². The van der Waals surface area contributed by atoms with E-state index in [1.54, 1.807) is 0 Å². The third-order valence-corrected chi connectivity index (χ3v) is 5.39. The van der Waals surface area contributed by atoms with Gasteiger partial charge in [0.25, 0.3) is 0 Å². The lowest BCUT2D eigenvalue weighted by molar-refractivity contribution is -0.0467. The summed E-state index contributed by atoms with van der Waals surface area (Å²) in [6.45, 7) is 0. The number of hydrogen-bond donors (Lipinski definition) is 1. The second-order valence-corrected chi connectivity index (χ2v) is 6.61. The molecule has 2 heteroatoms. The molecule has 3 rings (SSSR count). The van der Waals surface area contributed by atoms with Crippen LogP contribution in [-0.2, 0) is 4.74 Å². The van der Waals surface area contributed by atoms with Crippen molar-refractivity contribution >= 4 is 0 Å². The van der Waals surface area contributed by atoms with E-state index in [1.165, 1.54) is 70.6 Å². The lowest BCUT2D eigenvalue weighted by Crippen LogP contribution is -2.35. The van der Waals surface area contributed by atoms with Gasteiger partial charge < -0.3 is 10.5 Å². The molecule has 1 heterocycles. The van der Waals surface area contributed by atoms with Crippen molar-refractivity contribution in [1.29, 1.82) is 0 Å². The minimum Gasteiger partial charge on any atom is -0.372 e. The van der Waals surface area contributed by atoms with Crippen LogP contribution in [-0.4, -0.2) is 17.7 Å². The first kappa shape index (κ1) is 12.0. The SMILES string of the molecule is NC1CCCCC1CC1CCC2(CCCC2)O1. The highest BCUT2D eigenvalue weighted by Crippen LogP contribution is 2.45. The lowest BCUT2D eigenvalue weighted by Gasteiger charge is -2.31. The molecule has 17 heavy (non-hydrogen) atoms. The van der Waals surface area contributed by atoms with E-state index < -0.39 is 0 Å². The minimum absolute atomic E-state index is 0.309. The quantitative estimate of drug-likeness (QED) is 0.799. The minimum atomic E-state index is 0.309. The Bertz CT molecular complexity index is 260. The maximum atomic E-state index is 6.41. The Morgan fingerprint density at radius 2 is 1.71 bits per heavy atom. The number of rotatable bonds is 2. The fraction of sp³-hybridized carbons (Fsp3) is 1.00. The van der Waals surface area contributed by atoms with Crippen molar-refractivity contribution in [3.05, 3.63) is 0 Å². The lowest BCUT2D eigenvalue weighted by atomic mass is 9.81. The van der Waals surface area contributed by atoms with Crippen LogP contribution in [0, 0.1) is 5.92 Å². The van der Waals surface area contributed by atoms with Gasteiger partial charge in [0.15, 0.2) is 0 Å². The first-order chi connectivity index (χ1) is 8.27. The Morgan fingerprint density at radius 1 is 0.941 bits per heavy atom. The zero-order valence-electron chi connectivity index (χ0n) is 11.0. The molecule has 0 bridgehead atoms. The molecule has 3 aliphatic rings. The summed E-state index contributed by atoms with van der Waals surface area (Å²) >= 11 is 0. The van der Waals surface area contributed by atoms with Gasteiger partial charge in [-0.25, -0.2) is 0 Å². The number of hydrogen-bond acceptors (Lipinski definition) is 2. The van der Waals surface area contributed by atoms with Gasteiger partial charge in [0, 0.05) is 6.04 Å². The van der Waals surface area contributed by atoms with Crippen LogP contribution in [0.4, 0.5) is 0 Å². The molecule has 3 unspecified atom stereocenters. The Balaban J connectivity index is 1.52. The molecule has 3 fully saturated rings. The van der Waals surface area contributed by atoms with Crippen molar-refractivity contribution in [1.82, 2.24) is 0 Å². The normalized spacial score (nSPS) is 41.1. The van der Waals surface area contributed by atoms with Crippen LogP contribution in [0.5, 0.6) is 0 Å². The molecule has 1 saturated heterocycles. The van der Waals surface area contributed by atoms with Crippen molar-refractivity contribution in [2.45, 2.75) is 88.4 Å². The van der Waals surface area contributed by atoms with Crippen LogP contribution in [0.1, 0.15) is 70.6 Å². The highest BCUT2D eigenvalue weighted by molar-refractivity contribution is 4.94. The van der Waals surface area contributed by atoms with Gasteiger partial charge in [-0.1, -0.05) is 25.7 Å². The molecule has 2 saturated carbocycles. The zero-order chi connectivity index (χ0) is 11.7. The van der Waals surface area contributed by atoms with Gasteiger partial charge >= 0.3 is 0 Å². The molecule has 1 aliphatic heterocycles. The summed E-state index contributed by atoms with van der Waals surface area (Å²) in [6.07, 6.45) is 15.1. The molecule has 0 radical (unpaired) electrons. The maximum Gasteiger partial charge on any atom is 0.0687 e. The van der Waals surface area contributed by atoms with Crippen LogP contribution in [0.3, 0.4) is 0 Å². The molecule has 2 nitrogen and oxygen atoms in total. The smallest absolute Gasteiger partial charge is 0.0687 e. The van der Waals surface area contributed by atoms with E-state index in [4.69, 9.17) is 10.5 Å². The van der Waals surface area contributed by atoms with E-state index >= 15 is 0 Å². The van der Waals surface area contributed by atoms with Crippen LogP contribution < -0.4 is 5.73 Å². The number of nitrogens with two attached hydrogens (primary N) is 1. The average molecular weight is 237 g/mol. The molecule has 2 N–H and O–H groups in total. The van der Waals surface area contributed by atoms with Gasteiger partial charge in [-0.2, -0.15) is 0 Å². The van der Waals surface area contributed by atoms with Crippen LogP contribution in [0.25, 0.3) is 0 Å². The molecule has 0 aromatic heterocycles. The fourth-order valence-corrected chi connectivity index (χ4v) is 4.32. The van der Waals surface area contributed by atoms with Crippen molar-refractivity contribution < 1.29 is 4.74 Å². The summed E-state index contributed by atoms with van der Waals surface area (Å²) in [7, 11) is 0. The molecule has 0 aromatic carbocycles. The third kappa shape index (κ3) is 2.53. The van der Waals surface area contributed by atoms with Gasteiger partial charge in [0.2, 0.25) is 0 Å². The van der Waals surface area contributed by atoms with E-state index in [0.717, 1.165) is 5.92 Å². The van der Waals surface area contributed by atoms with Crippen molar-refractivity contribution in [3.63, 3.8) is 0 Å². The second-order valence-electron chi connectivity index (χ2n) is 6.61. The van der Waals surface area contributed by atoms with E-state index in [-0.39, 0.29) is 0 Å². The molecular formula is C15H27NO. The summed E-state index contributed by atoms with van der Waals surface area (Å²) in [4.78, 5) is 0. The second kappa shape index (κ2) is 4.89. The van der Waals surface area contributed by atoms with Gasteiger partial charge in [0.05, 0.1) is 11.7 Å². The van der Waals surface area contributed by atoms with Crippen molar-refractivity contribution in [3.8, 4) is 0 Å². The third-order valence-electron chi connectivity index (χ3n) is 5.39. The number of ether oxygens (including phenoxy) is 1. The summed E-state index contributed by atoms with van der Waals surface area (Å²) in [5.41, 5.74) is 6.56. The van der Waals surface area contributed by atoms with Crippen LogP contribution in [0.2, 0.25) is 0 Å². The van der Waals surface area contributed by atoms with Crippen molar-refractivity contribution in [2.75, 3.05) is 0 Å². The van der Waals surface area contributed by atoms with Crippen LogP contribution in [0.15, 0.2) is 0 Å². The van der Waals surface area contributed by atoms with E-state index in [1.807, 2.05) is 0 Å². The van der Waals surface area contributed by atoms with Gasteiger partial charge in [0.1, 0.15) is 0 Å². The highest BCUT2D eigenvalue weighted by atomic mass is 16.5. The summed E-state index contributed by atoms with van der Waals surface area (Å²) in [5.74, 6) is 0.741. The average Bonchev–Trinajstić information content (AvgIpc) is 2.94. The molecule has 0 amide bonds. The first-order valence-corrected chi connectivity index (χ1v) is 7.71. The summed E-state index contributed by atoms with van der Waals surface area (Å²) in [6, 6.07) is 0.451. The summed E-state index contributed by atoms with van der Waals surface area (Å²) in [5, 5.41) is 0. The Hall–Kier alpha value is -0.0800. The predicted octanol–water partition coefficient (Wildman–Crippen LogP) is 3.39. The fourth-order valence-electron chi connectivity index (χ4n) is 4.32. The Labute approximate surface area is 105 Å². The van der Waals surface area contributed by atoms with Gasteiger partial charge in [-0.05, 0) is 50.9 Å². The standard InChI is InChI=1S/C15H27NO/c16-14-6-2-1-5-12(14)11-13-7-10-15(17-13)8-3-4-9-15/h12-14H,1-11,16H2. The van der Waals surface area contributed by atoms with E-state index in [2.05, 4.69) is 0 Å². The van der Waals surface area contributed by atoms with E-state index in [9.17, 15) is 0 Å². The first-order valence-electron chi connectivity index (χ1n) is 7.71. The molecular weight excluding hydrogens is 210 g/mol. The van der Waals surface area contributed by atoms with E-state index in [0.29, 0.717) is 17.7 Å². The summed E-state index contributed by atoms with van der Waals surface area (Å²) < 4.78 is 6.41. The largest absolute Gasteiger partial charge is 0.372 e. The zero-order valence-corrected chi connectivity index (χ0v) is 11.0. The molecule has 2 aliphatic carbocycles. The monoisotopic (exact) mass is 237 g/mol. The van der Waals surface area contributed by atoms with Crippen LogP contribution >= 0.6 is 0 Å². The topological polar surface area (TPSA) is 35.2 Å². The molecule has 0 aromatic rings.